The van der Waals surface area contributed by atoms with E-state index in [4.69, 9.17) is 5.10 Å². The summed E-state index contributed by atoms with van der Waals surface area (Å²) in [4.78, 5) is 25.9. The summed E-state index contributed by atoms with van der Waals surface area (Å²) in [6, 6.07) is 16.0. The van der Waals surface area contributed by atoms with Crippen molar-refractivity contribution in [3.63, 3.8) is 0 Å². The first kappa shape index (κ1) is 24.6. The number of nitrogens with zero attached hydrogens (tertiary/aromatic N) is 4. The topological polar surface area (TPSA) is 93.3 Å². The number of hydrogen-bond donors (Lipinski definition) is 1. The van der Waals surface area contributed by atoms with Crippen LogP contribution in [0.15, 0.2) is 60.8 Å². The molecule has 4 rings (SSSR count). The van der Waals surface area contributed by atoms with E-state index < -0.39 is 4.92 Å². The lowest BCUT2D eigenvalue weighted by Crippen LogP contribution is -2.35. The van der Waals surface area contributed by atoms with Crippen molar-refractivity contribution in [2.45, 2.75) is 39.0 Å². The molecule has 0 aliphatic carbocycles. The number of piperidine rings is 1. The minimum Gasteiger partial charge on any atom is -0.356 e. The van der Waals surface area contributed by atoms with Crippen LogP contribution in [-0.4, -0.2) is 51.7 Å². The summed E-state index contributed by atoms with van der Waals surface area (Å²) in [6.07, 6.45) is 6.70. The fourth-order valence-corrected chi connectivity index (χ4v) is 4.65. The van der Waals surface area contributed by atoms with Crippen molar-refractivity contribution < 1.29 is 9.72 Å². The van der Waals surface area contributed by atoms with Gasteiger partial charge in [0, 0.05) is 42.5 Å². The highest BCUT2D eigenvalue weighted by atomic mass is 16.6. The summed E-state index contributed by atoms with van der Waals surface area (Å²) < 4.78 is 1.75. The van der Waals surface area contributed by atoms with Crippen LogP contribution in [-0.2, 0) is 11.2 Å². The zero-order chi connectivity index (χ0) is 24.6. The minimum atomic E-state index is -0.424. The van der Waals surface area contributed by atoms with Crippen molar-refractivity contribution in [2.24, 2.45) is 5.92 Å². The first-order valence-electron chi connectivity index (χ1n) is 12.4. The predicted octanol–water partition coefficient (Wildman–Crippen LogP) is 4.62. The Morgan fingerprint density at radius 3 is 2.63 bits per heavy atom. The molecule has 35 heavy (non-hydrogen) atoms. The Kier molecular flexibility index (Phi) is 8.26. The normalized spacial score (nSPS) is 16.2. The highest BCUT2D eigenvalue weighted by Crippen LogP contribution is 2.26. The summed E-state index contributed by atoms with van der Waals surface area (Å²) in [5.41, 5.74) is 3.08. The monoisotopic (exact) mass is 475 g/mol. The van der Waals surface area contributed by atoms with Gasteiger partial charge in [0.15, 0.2) is 0 Å². The fourth-order valence-electron chi connectivity index (χ4n) is 4.65. The second-order valence-electron chi connectivity index (χ2n) is 9.37. The number of amides is 1. The number of nitro benzene ring substituents is 1. The lowest BCUT2D eigenvalue weighted by molar-refractivity contribution is -0.384. The van der Waals surface area contributed by atoms with E-state index in [9.17, 15) is 14.9 Å². The maximum atomic E-state index is 12.7. The van der Waals surface area contributed by atoms with Gasteiger partial charge in [0.25, 0.3) is 5.69 Å². The highest BCUT2D eigenvalue weighted by Gasteiger charge is 2.17. The Balaban J connectivity index is 1.38. The first-order valence-corrected chi connectivity index (χ1v) is 12.4. The summed E-state index contributed by atoms with van der Waals surface area (Å²) in [5.74, 6) is 0.734. The number of rotatable bonds is 10. The van der Waals surface area contributed by atoms with Crippen LogP contribution in [0.3, 0.4) is 0 Å². The van der Waals surface area contributed by atoms with Crippen molar-refractivity contribution in [1.82, 2.24) is 20.0 Å². The molecule has 8 nitrogen and oxygen atoms in total. The molecule has 0 bridgehead atoms. The zero-order valence-electron chi connectivity index (χ0n) is 20.2. The Morgan fingerprint density at radius 2 is 1.91 bits per heavy atom. The van der Waals surface area contributed by atoms with Gasteiger partial charge in [-0.1, -0.05) is 25.1 Å². The number of non-ortho nitro benzene ring substituents is 1. The van der Waals surface area contributed by atoms with Gasteiger partial charge in [-0.3, -0.25) is 14.9 Å². The molecular weight excluding hydrogens is 442 g/mol. The SMILES string of the molecule is CC1CCCN(CCCCNC(=O)Cc2cn(-c3ccccc3)nc2-c2ccc([N+](=O)[O-])cc2)C1. The van der Waals surface area contributed by atoms with E-state index in [2.05, 4.69) is 17.1 Å². The molecular formula is C27H33N5O3. The second-order valence-corrected chi connectivity index (χ2v) is 9.37. The zero-order valence-corrected chi connectivity index (χ0v) is 20.2. The van der Waals surface area contributed by atoms with Crippen LogP contribution in [0.5, 0.6) is 0 Å². The van der Waals surface area contributed by atoms with Crippen LogP contribution in [0.4, 0.5) is 5.69 Å². The molecule has 1 N–H and O–H groups in total. The lowest BCUT2D eigenvalue weighted by Gasteiger charge is -2.30. The maximum Gasteiger partial charge on any atom is 0.269 e. The Morgan fingerprint density at radius 1 is 1.14 bits per heavy atom. The average Bonchev–Trinajstić information content (AvgIpc) is 3.28. The van der Waals surface area contributed by atoms with E-state index >= 15 is 0 Å². The van der Waals surface area contributed by atoms with E-state index in [-0.39, 0.29) is 18.0 Å². The van der Waals surface area contributed by atoms with Crippen LogP contribution in [0.25, 0.3) is 16.9 Å². The van der Waals surface area contributed by atoms with Crippen molar-refractivity contribution in [1.29, 1.82) is 0 Å². The Bertz CT molecular complexity index is 1130. The summed E-state index contributed by atoms with van der Waals surface area (Å²) in [6.45, 7) is 6.43. The van der Waals surface area contributed by atoms with Gasteiger partial charge in [0.05, 0.1) is 22.7 Å². The van der Waals surface area contributed by atoms with Gasteiger partial charge in [0.1, 0.15) is 0 Å². The van der Waals surface area contributed by atoms with Crippen LogP contribution < -0.4 is 5.32 Å². The van der Waals surface area contributed by atoms with E-state index in [1.807, 2.05) is 36.5 Å². The molecule has 1 fully saturated rings. The van der Waals surface area contributed by atoms with Gasteiger partial charge in [-0.25, -0.2) is 4.68 Å². The molecule has 1 amide bonds. The molecule has 1 saturated heterocycles. The predicted molar refractivity (Wildman–Crippen MR) is 136 cm³/mol. The van der Waals surface area contributed by atoms with E-state index in [0.29, 0.717) is 12.2 Å². The third-order valence-electron chi connectivity index (χ3n) is 6.48. The van der Waals surface area contributed by atoms with E-state index in [1.54, 1.807) is 16.8 Å². The van der Waals surface area contributed by atoms with Gasteiger partial charge in [-0.15, -0.1) is 0 Å². The number of nitrogens with one attached hydrogen (secondary N) is 1. The highest BCUT2D eigenvalue weighted by molar-refractivity contribution is 5.81. The molecule has 1 atom stereocenters. The molecule has 2 heterocycles. The van der Waals surface area contributed by atoms with Gasteiger partial charge < -0.3 is 10.2 Å². The lowest BCUT2D eigenvalue weighted by atomic mass is 10.0. The fraction of sp³-hybridized carbons (Fsp3) is 0.407. The summed E-state index contributed by atoms with van der Waals surface area (Å²) in [7, 11) is 0. The van der Waals surface area contributed by atoms with Gasteiger partial charge >= 0.3 is 0 Å². The molecule has 0 radical (unpaired) electrons. The number of para-hydroxylation sites is 1. The Hall–Kier alpha value is -3.52. The standard InChI is InChI=1S/C27H33N5O3/c1-21-8-7-17-30(19-21)16-6-5-15-28-26(33)18-23-20-31(24-9-3-2-4-10-24)29-27(23)22-11-13-25(14-12-22)32(34)35/h2-4,9-14,20-21H,5-8,15-19H2,1H3,(H,28,33). The summed E-state index contributed by atoms with van der Waals surface area (Å²) >= 11 is 0. The van der Waals surface area contributed by atoms with Gasteiger partial charge in [0.2, 0.25) is 5.91 Å². The number of benzene rings is 2. The van der Waals surface area contributed by atoms with Crippen LogP contribution in [0.1, 0.15) is 38.2 Å². The van der Waals surface area contributed by atoms with Crippen molar-refractivity contribution in [3.8, 4) is 16.9 Å². The molecule has 1 aromatic heterocycles. The number of nitro groups is 1. The number of unbranched alkanes of at least 4 members (excludes halogenated alkanes) is 1. The maximum absolute atomic E-state index is 12.7. The van der Waals surface area contributed by atoms with Crippen LogP contribution in [0, 0.1) is 16.0 Å². The molecule has 1 unspecified atom stereocenters. The molecule has 1 aliphatic rings. The quantitative estimate of drug-likeness (QED) is 0.262. The number of carbonyl (C=O) groups is 1. The largest absolute Gasteiger partial charge is 0.356 e. The average molecular weight is 476 g/mol. The van der Waals surface area contributed by atoms with Crippen molar-refractivity contribution in [2.75, 3.05) is 26.2 Å². The van der Waals surface area contributed by atoms with Crippen molar-refractivity contribution >= 4 is 11.6 Å². The number of likely N-dealkylation sites (tertiary alicyclic amines) is 1. The molecule has 2 aromatic carbocycles. The third kappa shape index (κ3) is 6.76. The smallest absolute Gasteiger partial charge is 0.269 e. The molecule has 3 aromatic rings. The van der Waals surface area contributed by atoms with Gasteiger partial charge in [-0.2, -0.15) is 5.10 Å². The molecule has 0 saturated carbocycles. The van der Waals surface area contributed by atoms with Crippen LogP contribution in [0.2, 0.25) is 0 Å². The molecule has 0 spiro atoms. The second kappa shape index (κ2) is 11.8. The minimum absolute atomic E-state index is 0.0227. The first-order chi connectivity index (χ1) is 17.0. The number of carbonyl (C=O) groups excluding carboxylic acids is 1. The molecule has 184 valence electrons. The van der Waals surface area contributed by atoms with Crippen LogP contribution >= 0.6 is 0 Å². The number of hydrogen-bond acceptors (Lipinski definition) is 5. The third-order valence-corrected chi connectivity index (χ3v) is 6.48. The Labute approximate surface area is 206 Å². The van der Waals surface area contributed by atoms with Crippen molar-refractivity contribution in [3.05, 3.63) is 76.5 Å². The number of aromatic nitrogens is 2. The van der Waals surface area contributed by atoms with E-state index in [1.165, 1.54) is 38.1 Å². The van der Waals surface area contributed by atoms with E-state index in [0.717, 1.165) is 42.1 Å². The molecule has 1 aliphatic heterocycles. The van der Waals surface area contributed by atoms with Gasteiger partial charge in [-0.05, 0) is 69.0 Å². The molecule has 8 heteroatoms. The summed E-state index contributed by atoms with van der Waals surface area (Å²) in [5, 5.41) is 18.8.